The summed E-state index contributed by atoms with van der Waals surface area (Å²) in [6.07, 6.45) is 1.32. The Morgan fingerprint density at radius 1 is 0.864 bits per heavy atom. The molecule has 0 unspecified atom stereocenters. The molecule has 22 heavy (non-hydrogen) atoms. The Bertz CT molecular complexity index is 321. The van der Waals surface area contributed by atoms with Gasteiger partial charge in [-0.05, 0) is 12.8 Å². The van der Waals surface area contributed by atoms with Crippen LogP contribution in [0.1, 0.15) is 12.8 Å². The minimum Gasteiger partial charge on any atom is -0.543 e. The molecule has 6 N–H and O–H groups in total. The predicted octanol–water partition coefficient (Wildman–Crippen LogP) is -5.32. The van der Waals surface area contributed by atoms with Crippen molar-refractivity contribution in [1.82, 2.24) is 0 Å². The Labute approximate surface area is 127 Å². The molecule has 0 bridgehead atoms. The average molecular weight is 322 g/mol. The van der Waals surface area contributed by atoms with E-state index in [9.17, 15) is 0 Å². The van der Waals surface area contributed by atoms with E-state index in [1.54, 1.807) is 0 Å². The van der Waals surface area contributed by atoms with Crippen LogP contribution in [0.25, 0.3) is 0 Å². The fraction of sp³-hybridized carbons (Fsp3) is 0.833. The van der Waals surface area contributed by atoms with E-state index in [0.717, 1.165) is 0 Å². The van der Waals surface area contributed by atoms with Crippen LogP contribution in [0.15, 0.2) is 0 Å². The molecule has 2 aliphatic heterocycles. The first-order valence-corrected chi connectivity index (χ1v) is 6.55. The van der Waals surface area contributed by atoms with E-state index in [1.807, 2.05) is 0 Å². The SMILES string of the molecule is NC1(CCO)COC1.NC1(CCO)COC1.O=C([O-])C(=O)[O-]. The molecule has 0 amide bonds. The summed E-state index contributed by atoms with van der Waals surface area (Å²) in [6, 6.07) is 0. The molecule has 2 aliphatic rings. The summed E-state index contributed by atoms with van der Waals surface area (Å²) in [4.78, 5) is 17.9. The Morgan fingerprint density at radius 2 is 1.14 bits per heavy atom. The van der Waals surface area contributed by atoms with Crippen molar-refractivity contribution in [1.29, 1.82) is 0 Å². The van der Waals surface area contributed by atoms with E-state index in [4.69, 9.17) is 51.0 Å². The van der Waals surface area contributed by atoms with Crippen LogP contribution in [0.3, 0.4) is 0 Å². The molecule has 0 spiro atoms. The standard InChI is InChI=1S/2C5H11NO2.C2H2O4/c2*6-5(1-2-7)3-8-4-5;3-1(4)2(5)6/h2*7H,1-4,6H2;(H,3,4)(H,5,6)/p-2. The number of carboxylic acids is 2. The largest absolute Gasteiger partial charge is 0.543 e. The number of aliphatic hydroxyl groups excluding tert-OH is 2. The number of hydrogen-bond donors (Lipinski definition) is 4. The second-order valence-corrected chi connectivity index (χ2v) is 5.23. The molecule has 2 saturated heterocycles. The van der Waals surface area contributed by atoms with Crippen molar-refractivity contribution in [2.75, 3.05) is 39.6 Å². The lowest BCUT2D eigenvalue weighted by Gasteiger charge is -2.37. The van der Waals surface area contributed by atoms with Crippen molar-refractivity contribution in [2.24, 2.45) is 11.5 Å². The molecule has 0 aromatic heterocycles. The zero-order chi connectivity index (χ0) is 17.2. The van der Waals surface area contributed by atoms with Gasteiger partial charge >= 0.3 is 0 Å². The fourth-order valence-corrected chi connectivity index (χ4v) is 1.46. The van der Waals surface area contributed by atoms with E-state index in [2.05, 4.69) is 0 Å². The van der Waals surface area contributed by atoms with Crippen LogP contribution in [-0.2, 0) is 19.1 Å². The number of nitrogens with two attached hydrogens (primary N) is 2. The van der Waals surface area contributed by atoms with Gasteiger partial charge in [0.1, 0.15) is 0 Å². The highest BCUT2D eigenvalue weighted by atomic mass is 16.5. The highest BCUT2D eigenvalue weighted by Crippen LogP contribution is 2.16. The fourth-order valence-electron chi connectivity index (χ4n) is 1.46. The number of aliphatic hydroxyl groups is 2. The van der Waals surface area contributed by atoms with Gasteiger partial charge in [0.05, 0.1) is 49.4 Å². The summed E-state index contributed by atoms with van der Waals surface area (Å²) in [5, 5.41) is 34.7. The lowest BCUT2D eigenvalue weighted by atomic mass is 9.95. The minimum atomic E-state index is -2.19. The van der Waals surface area contributed by atoms with Crippen molar-refractivity contribution in [3.05, 3.63) is 0 Å². The molecular weight excluding hydrogens is 300 g/mol. The molecule has 10 heteroatoms. The number of ether oxygens (including phenoxy) is 2. The van der Waals surface area contributed by atoms with Gasteiger partial charge in [0.2, 0.25) is 0 Å². The number of aliphatic carboxylic acids is 2. The lowest BCUT2D eigenvalue weighted by Crippen LogP contribution is -2.57. The molecule has 0 atom stereocenters. The third-order valence-corrected chi connectivity index (χ3v) is 2.94. The molecule has 0 radical (unpaired) electrons. The Hall–Kier alpha value is -1.30. The van der Waals surface area contributed by atoms with Gasteiger partial charge in [0.15, 0.2) is 0 Å². The zero-order valence-electron chi connectivity index (χ0n) is 12.2. The molecule has 10 nitrogen and oxygen atoms in total. The molecule has 2 rings (SSSR count). The quantitative estimate of drug-likeness (QED) is 0.363. The summed E-state index contributed by atoms with van der Waals surface area (Å²) in [6.45, 7) is 2.75. The molecule has 0 aliphatic carbocycles. The molecule has 0 aromatic rings. The smallest absolute Gasteiger partial charge is 0.0870 e. The Balaban J connectivity index is 0.000000306. The Morgan fingerprint density at radius 3 is 1.18 bits per heavy atom. The van der Waals surface area contributed by atoms with Gasteiger partial charge < -0.3 is 51.0 Å². The van der Waals surface area contributed by atoms with Gasteiger partial charge in [-0.25, -0.2) is 0 Å². The van der Waals surface area contributed by atoms with Crippen LogP contribution in [-0.4, -0.2) is 72.9 Å². The van der Waals surface area contributed by atoms with Crippen LogP contribution < -0.4 is 21.7 Å². The van der Waals surface area contributed by atoms with Crippen molar-refractivity contribution in [3.8, 4) is 0 Å². The number of carbonyl (C=O) groups is 2. The van der Waals surface area contributed by atoms with Crippen LogP contribution in [0, 0.1) is 0 Å². The summed E-state index contributed by atoms with van der Waals surface area (Å²) in [5.74, 6) is -4.37. The summed E-state index contributed by atoms with van der Waals surface area (Å²) in [5.41, 5.74) is 10.9. The molecule has 2 fully saturated rings. The van der Waals surface area contributed by atoms with Crippen molar-refractivity contribution >= 4 is 11.9 Å². The predicted molar refractivity (Wildman–Crippen MR) is 68.9 cm³/mol. The van der Waals surface area contributed by atoms with Gasteiger partial charge in [-0.3, -0.25) is 0 Å². The first-order chi connectivity index (χ1) is 10.2. The van der Waals surface area contributed by atoms with Gasteiger partial charge in [-0.1, -0.05) is 0 Å². The van der Waals surface area contributed by atoms with Gasteiger partial charge in [0, 0.05) is 13.2 Å². The Kier molecular flexibility index (Phi) is 9.09. The monoisotopic (exact) mass is 322 g/mol. The lowest BCUT2D eigenvalue weighted by molar-refractivity contribution is -0.345. The summed E-state index contributed by atoms with van der Waals surface area (Å²) < 4.78 is 9.71. The first kappa shape index (κ1) is 20.7. The third kappa shape index (κ3) is 8.22. The van der Waals surface area contributed by atoms with Gasteiger partial charge in [-0.15, -0.1) is 0 Å². The normalized spacial score (nSPS) is 20.0. The highest BCUT2D eigenvalue weighted by molar-refractivity contribution is 6.25. The second-order valence-electron chi connectivity index (χ2n) is 5.23. The number of carbonyl (C=O) groups excluding carboxylic acids is 2. The van der Waals surface area contributed by atoms with E-state index in [1.165, 1.54) is 0 Å². The molecule has 130 valence electrons. The maximum absolute atomic E-state index is 8.93. The molecule has 2 heterocycles. The molecule has 0 saturated carbocycles. The van der Waals surface area contributed by atoms with Crippen LogP contribution in [0.2, 0.25) is 0 Å². The number of hydrogen-bond acceptors (Lipinski definition) is 10. The maximum Gasteiger partial charge on any atom is 0.0870 e. The van der Waals surface area contributed by atoms with E-state index >= 15 is 0 Å². The maximum atomic E-state index is 8.93. The number of carboxylic acid groups (broad SMARTS) is 2. The van der Waals surface area contributed by atoms with E-state index in [0.29, 0.717) is 39.3 Å². The third-order valence-electron chi connectivity index (χ3n) is 2.94. The minimum absolute atomic E-state index is 0.167. The number of rotatable bonds is 4. The molecule has 0 aromatic carbocycles. The van der Waals surface area contributed by atoms with Gasteiger partial charge in [-0.2, -0.15) is 0 Å². The van der Waals surface area contributed by atoms with Crippen LogP contribution in [0.4, 0.5) is 0 Å². The van der Waals surface area contributed by atoms with Crippen LogP contribution >= 0.6 is 0 Å². The van der Waals surface area contributed by atoms with E-state index in [-0.39, 0.29) is 24.3 Å². The summed E-state index contributed by atoms with van der Waals surface area (Å²) in [7, 11) is 0. The zero-order valence-corrected chi connectivity index (χ0v) is 12.2. The topological polar surface area (TPSA) is 191 Å². The van der Waals surface area contributed by atoms with Crippen molar-refractivity contribution < 1.29 is 39.5 Å². The van der Waals surface area contributed by atoms with Crippen molar-refractivity contribution in [2.45, 2.75) is 23.9 Å². The molecular formula is C12H22N2O8-2. The first-order valence-electron chi connectivity index (χ1n) is 6.55. The highest BCUT2D eigenvalue weighted by Gasteiger charge is 2.33. The van der Waals surface area contributed by atoms with Gasteiger partial charge in [0.25, 0.3) is 0 Å². The van der Waals surface area contributed by atoms with E-state index < -0.39 is 11.9 Å². The summed E-state index contributed by atoms with van der Waals surface area (Å²) >= 11 is 0. The van der Waals surface area contributed by atoms with Crippen LogP contribution in [0.5, 0.6) is 0 Å². The second kappa shape index (κ2) is 9.66. The average Bonchev–Trinajstić information content (AvgIpc) is 2.37. The van der Waals surface area contributed by atoms with Crippen molar-refractivity contribution in [3.63, 3.8) is 0 Å².